The lowest BCUT2D eigenvalue weighted by Crippen LogP contribution is -2.08. The maximum Gasteiger partial charge on any atom is 0.130 e. The number of benzene rings is 1. The Hall–Kier alpha value is -1.64. The number of hydrogen-bond donors (Lipinski definition) is 0. The average molecular weight is 230 g/mol. The van der Waals surface area contributed by atoms with Crippen LogP contribution < -0.4 is 0 Å². The van der Waals surface area contributed by atoms with E-state index in [1.807, 2.05) is 25.2 Å². The third kappa shape index (κ3) is 2.54. The van der Waals surface area contributed by atoms with E-state index >= 15 is 0 Å². The van der Waals surface area contributed by atoms with Gasteiger partial charge < -0.3 is 9.36 Å². The molecule has 0 fully saturated rings. The Morgan fingerprint density at radius 3 is 2.76 bits per heavy atom. The lowest BCUT2D eigenvalue weighted by molar-refractivity contribution is -0.117. The van der Waals surface area contributed by atoms with Gasteiger partial charge in [-0.1, -0.05) is 19.1 Å². The smallest absolute Gasteiger partial charge is 0.130 e. The highest BCUT2D eigenvalue weighted by molar-refractivity contribution is 5.76. The van der Waals surface area contributed by atoms with Crippen LogP contribution >= 0.6 is 0 Å². The summed E-state index contributed by atoms with van der Waals surface area (Å²) in [5, 5.41) is 0. The van der Waals surface area contributed by atoms with Crippen LogP contribution in [0.15, 0.2) is 24.3 Å². The second kappa shape index (κ2) is 4.70. The van der Waals surface area contributed by atoms with Crippen LogP contribution in [0.1, 0.15) is 26.1 Å². The van der Waals surface area contributed by atoms with Gasteiger partial charge in [-0.2, -0.15) is 0 Å². The van der Waals surface area contributed by atoms with Crippen molar-refractivity contribution in [3.63, 3.8) is 0 Å². The van der Waals surface area contributed by atoms with E-state index in [2.05, 4.69) is 22.5 Å². The van der Waals surface area contributed by atoms with Gasteiger partial charge in [0, 0.05) is 19.9 Å². The first-order chi connectivity index (χ1) is 8.08. The second-order valence-corrected chi connectivity index (χ2v) is 4.79. The highest BCUT2D eigenvalue weighted by atomic mass is 16.1. The Labute approximate surface area is 101 Å². The number of Topliss-reactive ketones (excluding diaryl/α,β-unsaturated/α-hetero) is 1. The van der Waals surface area contributed by atoms with Crippen LogP contribution in [-0.2, 0) is 18.3 Å². The van der Waals surface area contributed by atoms with Crippen LogP contribution in [0.5, 0.6) is 0 Å². The molecule has 0 aliphatic carbocycles. The van der Waals surface area contributed by atoms with Crippen molar-refractivity contribution in [1.29, 1.82) is 0 Å². The van der Waals surface area contributed by atoms with Crippen LogP contribution in [0.2, 0.25) is 0 Å². The molecule has 1 aromatic heterocycles. The molecule has 2 aromatic rings. The summed E-state index contributed by atoms with van der Waals surface area (Å²) < 4.78 is 2.12. The highest BCUT2D eigenvalue weighted by Crippen LogP contribution is 2.18. The van der Waals surface area contributed by atoms with Gasteiger partial charge in [0.25, 0.3) is 0 Å². The number of aryl methyl sites for hydroxylation is 1. The van der Waals surface area contributed by atoms with E-state index in [0.29, 0.717) is 12.3 Å². The van der Waals surface area contributed by atoms with Gasteiger partial charge in [0.05, 0.1) is 11.0 Å². The zero-order valence-electron chi connectivity index (χ0n) is 10.6. The van der Waals surface area contributed by atoms with Crippen molar-refractivity contribution >= 4 is 16.8 Å². The molecule has 0 radical (unpaired) electrons. The topological polar surface area (TPSA) is 34.9 Å². The summed E-state index contributed by atoms with van der Waals surface area (Å²) in [4.78, 5) is 15.7. The van der Waals surface area contributed by atoms with Crippen molar-refractivity contribution in [2.24, 2.45) is 13.0 Å². The van der Waals surface area contributed by atoms with E-state index in [0.717, 1.165) is 23.3 Å². The molecule has 1 aromatic carbocycles. The van der Waals surface area contributed by atoms with E-state index in [1.54, 1.807) is 6.92 Å². The molecule has 90 valence electrons. The molecular formula is C14H18N2O. The normalized spacial score (nSPS) is 12.9. The molecule has 3 heteroatoms. The Bertz CT molecular complexity index is 542. The Balaban J connectivity index is 2.24. The number of hydrogen-bond acceptors (Lipinski definition) is 2. The molecule has 2 rings (SSSR count). The van der Waals surface area contributed by atoms with Gasteiger partial charge in [-0.3, -0.25) is 0 Å². The number of imidazole rings is 1. The van der Waals surface area contributed by atoms with Gasteiger partial charge in [-0.05, 0) is 25.0 Å². The number of ketones is 1. The molecular weight excluding hydrogens is 212 g/mol. The lowest BCUT2D eigenvalue weighted by Gasteiger charge is -2.08. The van der Waals surface area contributed by atoms with Crippen LogP contribution in [0.4, 0.5) is 0 Å². The van der Waals surface area contributed by atoms with E-state index in [-0.39, 0.29) is 5.78 Å². The van der Waals surface area contributed by atoms with Crippen molar-refractivity contribution < 1.29 is 4.79 Å². The van der Waals surface area contributed by atoms with Gasteiger partial charge in [-0.15, -0.1) is 0 Å². The average Bonchev–Trinajstić information content (AvgIpc) is 2.55. The molecule has 0 amide bonds. The summed E-state index contributed by atoms with van der Waals surface area (Å²) in [6.45, 7) is 3.74. The molecule has 0 aliphatic heterocycles. The third-order valence-corrected chi connectivity index (χ3v) is 3.05. The summed E-state index contributed by atoms with van der Waals surface area (Å²) in [7, 11) is 2.03. The summed E-state index contributed by atoms with van der Waals surface area (Å²) in [6, 6.07) is 8.11. The number of para-hydroxylation sites is 2. The number of carbonyl (C=O) groups is 1. The fraction of sp³-hybridized carbons (Fsp3) is 0.429. The minimum absolute atomic E-state index is 0.247. The van der Waals surface area contributed by atoms with E-state index in [4.69, 9.17) is 0 Å². The predicted octanol–water partition coefficient (Wildman–Crippen LogP) is 2.73. The number of carbonyl (C=O) groups excluding carboxylic acids is 1. The van der Waals surface area contributed by atoms with E-state index < -0.39 is 0 Å². The molecule has 1 heterocycles. The van der Waals surface area contributed by atoms with Crippen LogP contribution in [0.25, 0.3) is 11.0 Å². The minimum atomic E-state index is 0.247. The predicted molar refractivity (Wildman–Crippen MR) is 68.9 cm³/mol. The fourth-order valence-electron chi connectivity index (χ4n) is 2.25. The van der Waals surface area contributed by atoms with Crippen molar-refractivity contribution in [2.45, 2.75) is 26.7 Å². The maximum atomic E-state index is 11.1. The van der Waals surface area contributed by atoms with Crippen molar-refractivity contribution in [3.05, 3.63) is 30.1 Å². The van der Waals surface area contributed by atoms with Crippen LogP contribution in [0, 0.1) is 5.92 Å². The third-order valence-electron chi connectivity index (χ3n) is 3.05. The summed E-state index contributed by atoms with van der Waals surface area (Å²) in [6.07, 6.45) is 1.48. The van der Waals surface area contributed by atoms with Crippen LogP contribution in [-0.4, -0.2) is 15.3 Å². The molecule has 3 nitrogen and oxygen atoms in total. The summed E-state index contributed by atoms with van der Waals surface area (Å²) in [5.74, 6) is 1.65. The van der Waals surface area contributed by atoms with Gasteiger partial charge >= 0.3 is 0 Å². The molecule has 1 unspecified atom stereocenters. The quantitative estimate of drug-likeness (QED) is 0.809. The van der Waals surface area contributed by atoms with Gasteiger partial charge in [0.15, 0.2) is 0 Å². The van der Waals surface area contributed by atoms with Gasteiger partial charge in [-0.25, -0.2) is 4.98 Å². The number of aromatic nitrogens is 2. The van der Waals surface area contributed by atoms with Crippen molar-refractivity contribution in [1.82, 2.24) is 9.55 Å². The van der Waals surface area contributed by atoms with Gasteiger partial charge in [0.2, 0.25) is 0 Å². The minimum Gasteiger partial charge on any atom is -0.331 e. The largest absolute Gasteiger partial charge is 0.331 e. The number of nitrogens with zero attached hydrogens (tertiary/aromatic N) is 2. The monoisotopic (exact) mass is 230 g/mol. The van der Waals surface area contributed by atoms with Crippen LogP contribution in [0.3, 0.4) is 0 Å². The maximum absolute atomic E-state index is 11.1. The lowest BCUT2D eigenvalue weighted by atomic mass is 10.0. The highest BCUT2D eigenvalue weighted by Gasteiger charge is 2.12. The summed E-state index contributed by atoms with van der Waals surface area (Å²) >= 11 is 0. The fourth-order valence-corrected chi connectivity index (χ4v) is 2.25. The number of rotatable bonds is 4. The SMILES string of the molecule is CC(=O)CC(C)Cc1nc2ccccc2n1C. The molecule has 0 aliphatic rings. The Kier molecular flexibility index (Phi) is 3.27. The van der Waals surface area contributed by atoms with Crippen molar-refractivity contribution in [3.8, 4) is 0 Å². The first kappa shape index (κ1) is 11.8. The van der Waals surface area contributed by atoms with E-state index in [1.165, 1.54) is 0 Å². The second-order valence-electron chi connectivity index (χ2n) is 4.79. The van der Waals surface area contributed by atoms with Crippen molar-refractivity contribution in [2.75, 3.05) is 0 Å². The molecule has 0 saturated carbocycles. The summed E-state index contributed by atoms with van der Waals surface area (Å²) in [5.41, 5.74) is 2.18. The number of fused-ring (bicyclic) bond motifs is 1. The zero-order valence-corrected chi connectivity index (χ0v) is 10.6. The Morgan fingerprint density at radius 2 is 2.12 bits per heavy atom. The van der Waals surface area contributed by atoms with E-state index in [9.17, 15) is 4.79 Å². The molecule has 17 heavy (non-hydrogen) atoms. The molecule has 0 N–H and O–H groups in total. The molecule has 0 spiro atoms. The first-order valence-electron chi connectivity index (χ1n) is 5.97. The standard InChI is InChI=1S/C14H18N2O/c1-10(8-11(2)17)9-14-15-12-6-4-5-7-13(12)16(14)3/h4-7,10H,8-9H2,1-3H3. The van der Waals surface area contributed by atoms with Gasteiger partial charge in [0.1, 0.15) is 11.6 Å². The molecule has 0 saturated heterocycles. The zero-order chi connectivity index (χ0) is 12.4. The molecule has 1 atom stereocenters. The first-order valence-corrected chi connectivity index (χ1v) is 5.97. The molecule has 0 bridgehead atoms. The Morgan fingerprint density at radius 1 is 1.41 bits per heavy atom.